The van der Waals surface area contributed by atoms with Gasteiger partial charge in [0.05, 0.1) is 11.1 Å². The molecule has 0 spiro atoms. The van der Waals surface area contributed by atoms with Gasteiger partial charge in [-0.15, -0.1) is 0 Å². The maximum Gasteiger partial charge on any atom is 0.336 e. The normalized spacial score (nSPS) is 9.53. The molecule has 0 heterocycles. The minimum Gasteiger partial charge on any atom is -0.478 e. The van der Waals surface area contributed by atoms with Crippen LogP contribution >= 0.6 is 0 Å². The number of rotatable bonds is 4. The number of nitrogens with two attached hydrogens (primary N) is 2. The number of primary amides is 1. The summed E-state index contributed by atoms with van der Waals surface area (Å²) in [6.07, 6.45) is 0.787. The lowest BCUT2D eigenvalue weighted by Gasteiger charge is -2.13. The van der Waals surface area contributed by atoms with Gasteiger partial charge >= 0.3 is 11.9 Å². The molecule has 0 atom stereocenters. The first-order valence-corrected chi connectivity index (χ1v) is 9.88. The summed E-state index contributed by atoms with van der Waals surface area (Å²) in [5, 5.41) is 19.3. The zero-order valence-electron chi connectivity index (χ0n) is 17.9. The van der Waals surface area contributed by atoms with Gasteiger partial charge in [0.25, 0.3) is 0 Å². The number of hydrogen-bond donors (Lipinski definition) is 4. The molecule has 4 rings (SSSR count). The molecule has 0 unspecified atom stereocenters. The highest BCUT2D eigenvalue weighted by molar-refractivity contribution is 6.19. The van der Waals surface area contributed by atoms with Gasteiger partial charge in [0.2, 0.25) is 6.41 Å². The summed E-state index contributed by atoms with van der Waals surface area (Å²) < 4.78 is 0. The maximum absolute atomic E-state index is 11.6. The second kappa shape index (κ2) is 12.2. The summed E-state index contributed by atoms with van der Waals surface area (Å²) in [5.74, 6) is -2.40. The van der Waals surface area contributed by atoms with E-state index < -0.39 is 11.9 Å². The Morgan fingerprint density at radius 2 is 1.15 bits per heavy atom. The summed E-state index contributed by atoms with van der Waals surface area (Å²) in [4.78, 5) is 43.2. The number of aldehydes is 1. The number of carboxylic acid groups (broad SMARTS) is 2. The average Bonchev–Trinajstić information content (AvgIpc) is 2.84. The summed E-state index contributed by atoms with van der Waals surface area (Å²) in [7, 11) is 0. The van der Waals surface area contributed by atoms with Crippen molar-refractivity contribution in [3.05, 3.63) is 102 Å². The van der Waals surface area contributed by atoms with E-state index in [1.165, 1.54) is 18.2 Å². The molecule has 0 aliphatic carbocycles. The van der Waals surface area contributed by atoms with Crippen LogP contribution in [0.1, 0.15) is 31.1 Å². The predicted octanol–water partition coefficient (Wildman–Crippen LogP) is 4.09. The van der Waals surface area contributed by atoms with Crippen LogP contribution in [0.2, 0.25) is 0 Å². The van der Waals surface area contributed by atoms with Crippen molar-refractivity contribution in [2.45, 2.75) is 0 Å². The number of fused-ring (bicyclic) bond motifs is 1. The largest absolute Gasteiger partial charge is 0.478 e. The van der Waals surface area contributed by atoms with Crippen molar-refractivity contribution in [3.8, 4) is 11.1 Å². The molecular formula is C26H22N2O6. The van der Waals surface area contributed by atoms with Gasteiger partial charge in [-0.25, -0.2) is 9.59 Å². The Balaban J connectivity index is 0.000000341. The number of nitrogen functional groups attached to an aromatic ring is 1. The lowest BCUT2D eigenvalue weighted by Crippen LogP contribution is -2.05. The predicted molar refractivity (Wildman–Crippen MR) is 130 cm³/mol. The van der Waals surface area contributed by atoms with Gasteiger partial charge in [-0.1, -0.05) is 60.7 Å². The molecule has 8 nitrogen and oxygen atoms in total. The number of hydrogen-bond acceptors (Lipinski definition) is 5. The molecule has 0 bridgehead atoms. The van der Waals surface area contributed by atoms with Gasteiger partial charge in [-0.2, -0.15) is 0 Å². The molecule has 0 aliphatic heterocycles. The first-order chi connectivity index (χ1) is 16.3. The van der Waals surface area contributed by atoms with E-state index in [-0.39, 0.29) is 33.9 Å². The van der Waals surface area contributed by atoms with Gasteiger partial charge in [0.1, 0.15) is 0 Å². The van der Waals surface area contributed by atoms with E-state index >= 15 is 0 Å². The molecular weight excluding hydrogens is 436 g/mol. The van der Waals surface area contributed by atoms with Crippen molar-refractivity contribution in [1.29, 1.82) is 0 Å². The Morgan fingerprint density at radius 3 is 1.59 bits per heavy atom. The van der Waals surface area contributed by atoms with Crippen LogP contribution in [-0.2, 0) is 4.79 Å². The lowest BCUT2D eigenvalue weighted by atomic mass is 9.89. The molecule has 4 aromatic carbocycles. The van der Waals surface area contributed by atoms with Crippen LogP contribution in [0, 0.1) is 0 Å². The third-order valence-corrected chi connectivity index (χ3v) is 4.67. The maximum atomic E-state index is 11.6. The van der Waals surface area contributed by atoms with Crippen LogP contribution in [0.15, 0.2) is 84.9 Å². The summed E-state index contributed by atoms with van der Waals surface area (Å²) in [6, 6.07) is 24.1. The van der Waals surface area contributed by atoms with Crippen molar-refractivity contribution in [3.63, 3.8) is 0 Å². The van der Waals surface area contributed by atoms with E-state index in [0.29, 0.717) is 11.8 Å². The summed E-state index contributed by atoms with van der Waals surface area (Å²) in [6.45, 7) is 0. The van der Waals surface area contributed by atoms with E-state index in [0.717, 1.165) is 11.3 Å². The molecule has 0 aliphatic rings. The minimum atomic E-state index is -1.22. The standard InChI is InChI=1S/C19H12O5.C6H7N.CH3NO/c20-10-12-6-7-15(19(23)24)17-13(11-4-2-1-3-5-11)8-9-14(16(12)17)18(21)22;7-6-4-2-1-3-5-6;2-1-3/h1-10H,(H,21,22)(H,23,24);1-5H,7H2;1H,(H2,2,3). The number of carbonyl (C=O) groups excluding carboxylic acids is 2. The van der Waals surface area contributed by atoms with Crippen LogP contribution in [0.25, 0.3) is 21.9 Å². The molecule has 0 aromatic heterocycles. The molecule has 0 radical (unpaired) electrons. The van der Waals surface area contributed by atoms with Crippen LogP contribution in [0.5, 0.6) is 0 Å². The molecule has 0 saturated heterocycles. The quantitative estimate of drug-likeness (QED) is 0.264. The van der Waals surface area contributed by atoms with Gasteiger partial charge in [-0.05, 0) is 35.4 Å². The van der Waals surface area contributed by atoms with Crippen molar-refractivity contribution in [2.24, 2.45) is 5.73 Å². The molecule has 0 saturated carbocycles. The second-order valence-corrected chi connectivity index (χ2v) is 6.75. The Kier molecular flexibility index (Phi) is 9.04. The fourth-order valence-electron chi connectivity index (χ4n) is 3.29. The molecule has 4 aromatic rings. The van der Waals surface area contributed by atoms with Crippen LogP contribution < -0.4 is 11.5 Å². The van der Waals surface area contributed by atoms with Gasteiger partial charge < -0.3 is 21.7 Å². The Hall–Kier alpha value is -4.98. The zero-order valence-corrected chi connectivity index (χ0v) is 17.9. The molecule has 0 fully saturated rings. The Bertz CT molecular complexity index is 1310. The van der Waals surface area contributed by atoms with Crippen molar-refractivity contribution < 1.29 is 29.4 Å². The first kappa shape index (κ1) is 25.3. The Labute approximate surface area is 195 Å². The van der Waals surface area contributed by atoms with Crippen LogP contribution in [0.3, 0.4) is 0 Å². The van der Waals surface area contributed by atoms with Crippen molar-refractivity contribution >= 4 is 41.1 Å². The highest BCUT2D eigenvalue weighted by Gasteiger charge is 2.20. The highest BCUT2D eigenvalue weighted by atomic mass is 16.4. The molecule has 172 valence electrons. The topological polar surface area (TPSA) is 161 Å². The Morgan fingerprint density at radius 1 is 0.676 bits per heavy atom. The first-order valence-electron chi connectivity index (χ1n) is 9.88. The third kappa shape index (κ3) is 6.04. The minimum absolute atomic E-state index is 0.0439. The van der Waals surface area contributed by atoms with E-state index in [1.54, 1.807) is 30.3 Å². The number of carboxylic acids is 2. The number of anilines is 1. The van der Waals surface area contributed by atoms with E-state index in [1.807, 2.05) is 36.4 Å². The zero-order chi connectivity index (χ0) is 25.1. The van der Waals surface area contributed by atoms with Gasteiger partial charge in [0, 0.05) is 22.0 Å². The summed E-state index contributed by atoms with van der Waals surface area (Å²) in [5.41, 5.74) is 11.7. The van der Waals surface area contributed by atoms with Crippen molar-refractivity contribution in [1.82, 2.24) is 0 Å². The second-order valence-electron chi connectivity index (χ2n) is 6.75. The lowest BCUT2D eigenvalue weighted by molar-refractivity contribution is -0.106. The third-order valence-electron chi connectivity index (χ3n) is 4.67. The fourth-order valence-corrected chi connectivity index (χ4v) is 3.29. The average molecular weight is 458 g/mol. The molecule has 1 amide bonds. The highest BCUT2D eigenvalue weighted by Crippen LogP contribution is 2.35. The number of carbonyl (C=O) groups is 4. The fraction of sp³-hybridized carbons (Fsp3) is 0. The number of benzene rings is 4. The number of amides is 1. The number of aromatic carboxylic acids is 2. The monoisotopic (exact) mass is 458 g/mol. The van der Waals surface area contributed by atoms with E-state index in [4.69, 9.17) is 10.5 Å². The van der Waals surface area contributed by atoms with Crippen molar-refractivity contribution in [2.75, 3.05) is 5.73 Å². The summed E-state index contributed by atoms with van der Waals surface area (Å²) >= 11 is 0. The van der Waals surface area contributed by atoms with Gasteiger partial charge in [-0.3, -0.25) is 9.59 Å². The molecule has 6 N–H and O–H groups in total. The molecule has 8 heteroatoms. The van der Waals surface area contributed by atoms with Gasteiger partial charge in [0.15, 0.2) is 6.29 Å². The molecule has 34 heavy (non-hydrogen) atoms. The van der Waals surface area contributed by atoms with Crippen LogP contribution in [-0.4, -0.2) is 34.8 Å². The number of para-hydroxylation sites is 1. The van der Waals surface area contributed by atoms with E-state index in [2.05, 4.69) is 5.73 Å². The SMILES string of the molecule is NC=O.Nc1ccccc1.O=Cc1ccc(C(=O)O)c2c(-c3ccccc3)ccc(C(=O)O)c12. The van der Waals surface area contributed by atoms with Crippen LogP contribution in [0.4, 0.5) is 5.69 Å². The van der Waals surface area contributed by atoms with E-state index in [9.17, 15) is 24.6 Å². The smallest absolute Gasteiger partial charge is 0.336 e.